The van der Waals surface area contributed by atoms with Crippen LogP contribution < -0.4 is 5.32 Å². The number of pyridine rings is 1. The fraction of sp³-hybridized carbons (Fsp3) is 0.0417. The van der Waals surface area contributed by atoms with Crippen LogP contribution in [0.4, 0.5) is 5.69 Å². The van der Waals surface area contributed by atoms with Crippen LogP contribution in [0, 0.1) is 0 Å². The lowest BCUT2D eigenvalue weighted by Crippen LogP contribution is -2.24. The van der Waals surface area contributed by atoms with Crippen LogP contribution in [-0.2, 0) is 4.79 Å². The lowest BCUT2D eigenvalue weighted by Gasteiger charge is -2.08. The number of carbonyl (C=O) groups is 3. The van der Waals surface area contributed by atoms with E-state index >= 15 is 0 Å². The largest absolute Gasteiger partial charge is 0.319 e. The molecule has 0 aliphatic carbocycles. The Hall–Kier alpha value is -3.99. The van der Waals surface area contributed by atoms with Gasteiger partial charge in [0.1, 0.15) is 5.69 Å². The molecular formula is C24H18N2O3. The van der Waals surface area contributed by atoms with Gasteiger partial charge in [-0.3, -0.25) is 14.4 Å². The van der Waals surface area contributed by atoms with E-state index in [1.54, 1.807) is 34.9 Å². The highest BCUT2D eigenvalue weighted by Crippen LogP contribution is 2.28. The molecule has 2 heterocycles. The molecule has 0 unspecified atom stereocenters. The van der Waals surface area contributed by atoms with E-state index in [0.29, 0.717) is 22.5 Å². The number of carbonyl (C=O) groups excluding carboxylic acids is 3. The van der Waals surface area contributed by atoms with Crippen LogP contribution in [0.15, 0.2) is 85.1 Å². The minimum Gasteiger partial charge on any atom is -0.319 e. The highest BCUT2D eigenvalue weighted by atomic mass is 16.2. The van der Waals surface area contributed by atoms with Gasteiger partial charge in [-0.2, -0.15) is 0 Å². The van der Waals surface area contributed by atoms with E-state index in [-0.39, 0.29) is 5.78 Å². The van der Waals surface area contributed by atoms with E-state index in [4.69, 9.17) is 0 Å². The van der Waals surface area contributed by atoms with E-state index in [1.807, 2.05) is 54.6 Å². The number of fused-ring (bicyclic) bond motifs is 1. The van der Waals surface area contributed by atoms with Crippen molar-refractivity contribution in [1.29, 1.82) is 0 Å². The first kappa shape index (κ1) is 18.4. The zero-order valence-electron chi connectivity index (χ0n) is 15.8. The topological polar surface area (TPSA) is 67.7 Å². The lowest BCUT2D eigenvalue weighted by molar-refractivity contribution is -0.112. The van der Waals surface area contributed by atoms with Crippen molar-refractivity contribution >= 4 is 28.7 Å². The summed E-state index contributed by atoms with van der Waals surface area (Å²) in [6.07, 6.45) is 1.77. The number of rotatable bonds is 5. The van der Waals surface area contributed by atoms with Crippen LogP contribution in [0.5, 0.6) is 0 Å². The Morgan fingerprint density at radius 2 is 1.52 bits per heavy atom. The molecule has 0 saturated carbocycles. The number of hydrogen-bond acceptors (Lipinski definition) is 3. The second kappa shape index (κ2) is 7.56. The molecule has 1 N–H and O–H groups in total. The first-order valence-electron chi connectivity index (χ1n) is 9.17. The number of nitrogens with zero attached hydrogens (tertiary/aromatic N) is 1. The maximum absolute atomic E-state index is 13.1. The predicted molar refractivity (Wildman–Crippen MR) is 112 cm³/mol. The van der Waals surface area contributed by atoms with Crippen LogP contribution in [0.2, 0.25) is 0 Å². The van der Waals surface area contributed by atoms with Crippen molar-refractivity contribution in [3.05, 3.63) is 96.3 Å². The molecule has 4 rings (SSSR count). The second-order valence-corrected chi connectivity index (χ2v) is 6.68. The quantitative estimate of drug-likeness (QED) is 0.404. The Balaban J connectivity index is 1.71. The second-order valence-electron chi connectivity index (χ2n) is 6.68. The van der Waals surface area contributed by atoms with Gasteiger partial charge in [-0.1, -0.05) is 36.4 Å². The van der Waals surface area contributed by atoms with Crippen molar-refractivity contribution in [2.24, 2.45) is 0 Å². The minimum atomic E-state index is -0.735. The van der Waals surface area contributed by atoms with Gasteiger partial charge >= 0.3 is 0 Å². The third-order valence-corrected chi connectivity index (χ3v) is 4.74. The van der Waals surface area contributed by atoms with Gasteiger partial charge in [-0.05, 0) is 55.0 Å². The van der Waals surface area contributed by atoms with Gasteiger partial charge < -0.3 is 9.72 Å². The summed E-state index contributed by atoms with van der Waals surface area (Å²) >= 11 is 0. The van der Waals surface area contributed by atoms with Crippen LogP contribution in [0.3, 0.4) is 0 Å². The van der Waals surface area contributed by atoms with Gasteiger partial charge in [-0.25, -0.2) is 0 Å². The standard InChI is InChI=1S/C24H18N2O3/c1-16(27)17-10-12-19(13-11-17)25-24(29)23(28)22-21(18-7-3-2-4-8-18)15-20-9-5-6-14-26(20)22/h2-15H,1H3,(H,25,29). The predicted octanol–water partition coefficient (Wildman–Crippen LogP) is 4.63. The van der Waals surface area contributed by atoms with Gasteiger partial charge in [0.15, 0.2) is 5.78 Å². The Bertz CT molecular complexity index is 1220. The average Bonchev–Trinajstić information content (AvgIpc) is 3.13. The van der Waals surface area contributed by atoms with Gasteiger partial charge in [0.25, 0.3) is 11.7 Å². The van der Waals surface area contributed by atoms with Crippen LogP contribution in [0.1, 0.15) is 27.8 Å². The fourth-order valence-corrected chi connectivity index (χ4v) is 3.28. The smallest absolute Gasteiger partial charge is 0.298 e. The number of ketones is 2. The Labute approximate surface area is 167 Å². The maximum atomic E-state index is 13.1. The fourth-order valence-electron chi connectivity index (χ4n) is 3.28. The van der Waals surface area contributed by atoms with Crippen LogP contribution >= 0.6 is 0 Å². The molecule has 0 radical (unpaired) electrons. The molecule has 0 atom stereocenters. The molecule has 29 heavy (non-hydrogen) atoms. The van der Waals surface area contributed by atoms with Gasteiger partial charge in [0.05, 0.1) is 0 Å². The molecule has 142 valence electrons. The summed E-state index contributed by atoms with van der Waals surface area (Å²) in [6.45, 7) is 1.47. The molecule has 5 heteroatoms. The van der Waals surface area contributed by atoms with Crippen molar-refractivity contribution in [1.82, 2.24) is 4.40 Å². The number of amides is 1. The highest BCUT2D eigenvalue weighted by molar-refractivity contribution is 6.47. The molecule has 1 amide bonds. The Morgan fingerprint density at radius 1 is 0.828 bits per heavy atom. The van der Waals surface area contributed by atoms with Crippen molar-refractivity contribution < 1.29 is 14.4 Å². The molecule has 0 saturated heterocycles. The molecule has 0 bridgehead atoms. The summed E-state index contributed by atoms with van der Waals surface area (Å²) in [4.78, 5) is 37.2. The number of aromatic nitrogens is 1. The van der Waals surface area contributed by atoms with Gasteiger partial charge in [0.2, 0.25) is 0 Å². The molecule has 4 aromatic rings. The van der Waals surface area contributed by atoms with Crippen molar-refractivity contribution in [2.75, 3.05) is 5.32 Å². The highest BCUT2D eigenvalue weighted by Gasteiger charge is 2.24. The summed E-state index contributed by atoms with van der Waals surface area (Å²) in [5.41, 5.74) is 3.69. The van der Waals surface area contributed by atoms with Crippen molar-refractivity contribution in [3.63, 3.8) is 0 Å². The summed E-state index contributed by atoms with van der Waals surface area (Å²) in [7, 11) is 0. The maximum Gasteiger partial charge on any atom is 0.298 e. The molecule has 5 nitrogen and oxygen atoms in total. The molecule has 0 aliphatic rings. The normalized spacial score (nSPS) is 10.7. The molecule has 2 aromatic carbocycles. The zero-order valence-corrected chi connectivity index (χ0v) is 15.8. The first-order valence-corrected chi connectivity index (χ1v) is 9.17. The lowest BCUT2D eigenvalue weighted by atomic mass is 10.0. The molecule has 2 aromatic heterocycles. The summed E-state index contributed by atoms with van der Waals surface area (Å²) < 4.78 is 1.73. The third kappa shape index (κ3) is 3.58. The molecule has 0 fully saturated rings. The zero-order chi connectivity index (χ0) is 20.4. The number of Topliss-reactive ketones (excluding diaryl/α,β-unsaturated/α-hetero) is 2. The van der Waals surface area contributed by atoms with E-state index in [9.17, 15) is 14.4 Å². The molecule has 0 aliphatic heterocycles. The summed E-state index contributed by atoms with van der Waals surface area (Å²) in [5.74, 6) is -1.43. The SMILES string of the molecule is CC(=O)c1ccc(NC(=O)C(=O)c2c(-c3ccccc3)cc3ccccn23)cc1. The summed E-state index contributed by atoms with van der Waals surface area (Å²) in [6, 6.07) is 23.4. The van der Waals surface area contributed by atoms with E-state index in [1.165, 1.54) is 6.92 Å². The first-order chi connectivity index (χ1) is 14.0. The summed E-state index contributed by atoms with van der Waals surface area (Å²) in [5, 5.41) is 2.63. The van der Waals surface area contributed by atoms with E-state index in [2.05, 4.69) is 5.32 Å². The van der Waals surface area contributed by atoms with Crippen LogP contribution in [-0.4, -0.2) is 21.9 Å². The number of nitrogens with one attached hydrogen (secondary N) is 1. The van der Waals surface area contributed by atoms with Crippen molar-refractivity contribution in [3.8, 4) is 11.1 Å². The monoisotopic (exact) mass is 382 g/mol. The van der Waals surface area contributed by atoms with Gasteiger partial charge in [-0.15, -0.1) is 0 Å². The number of hydrogen-bond donors (Lipinski definition) is 1. The third-order valence-electron chi connectivity index (χ3n) is 4.74. The Kier molecular flexibility index (Phi) is 4.79. The minimum absolute atomic E-state index is 0.0638. The average molecular weight is 382 g/mol. The van der Waals surface area contributed by atoms with Gasteiger partial charge in [0, 0.05) is 28.5 Å². The Morgan fingerprint density at radius 3 is 2.21 bits per heavy atom. The number of benzene rings is 2. The molecular weight excluding hydrogens is 364 g/mol. The van der Waals surface area contributed by atoms with E-state index < -0.39 is 11.7 Å². The number of anilines is 1. The van der Waals surface area contributed by atoms with E-state index in [0.717, 1.165) is 11.1 Å². The van der Waals surface area contributed by atoms with Crippen LogP contribution in [0.25, 0.3) is 16.6 Å². The van der Waals surface area contributed by atoms with Crippen molar-refractivity contribution in [2.45, 2.75) is 6.92 Å². The molecule has 0 spiro atoms.